The van der Waals surface area contributed by atoms with Crippen LogP contribution in [0.5, 0.6) is 0 Å². The van der Waals surface area contributed by atoms with Crippen molar-refractivity contribution in [2.24, 2.45) is 0 Å². The van der Waals surface area contributed by atoms with Crippen molar-refractivity contribution in [3.05, 3.63) is 49.7 Å². The van der Waals surface area contributed by atoms with Crippen LogP contribution in [0.25, 0.3) is 0 Å². The van der Waals surface area contributed by atoms with Crippen molar-refractivity contribution in [1.82, 2.24) is 0 Å². The van der Waals surface area contributed by atoms with Crippen molar-refractivity contribution in [3.8, 4) is 0 Å². The third kappa shape index (κ3) is 2.69. The number of carbonyl (C=O) groups is 1. The first-order valence-corrected chi connectivity index (χ1v) is 8.35. The number of benzene rings is 1. The first-order valence-electron chi connectivity index (χ1n) is 6.39. The fourth-order valence-corrected chi connectivity index (χ4v) is 3.80. The van der Waals surface area contributed by atoms with Gasteiger partial charge in [0.25, 0.3) is 5.91 Å². The Morgan fingerprint density at radius 2 is 2.11 bits per heavy atom. The van der Waals surface area contributed by atoms with Crippen LogP contribution in [0.3, 0.4) is 0 Å². The molecule has 1 aliphatic rings. The van der Waals surface area contributed by atoms with E-state index in [1.165, 1.54) is 5.56 Å². The largest absolute Gasteiger partial charge is 0.308 e. The molecule has 0 atom stereocenters. The number of para-hydroxylation sites is 1. The van der Waals surface area contributed by atoms with Crippen molar-refractivity contribution in [2.75, 3.05) is 11.4 Å². The number of anilines is 1. The molecule has 2 nitrogen and oxygen atoms in total. The van der Waals surface area contributed by atoms with E-state index >= 15 is 0 Å². The van der Waals surface area contributed by atoms with E-state index in [2.05, 4.69) is 40.8 Å². The van der Waals surface area contributed by atoms with E-state index in [0.29, 0.717) is 0 Å². The lowest BCUT2D eigenvalue weighted by molar-refractivity contribution is 0.0987. The quantitative estimate of drug-likeness (QED) is 0.671. The van der Waals surface area contributed by atoms with E-state index in [-0.39, 0.29) is 5.91 Å². The van der Waals surface area contributed by atoms with Gasteiger partial charge in [0.05, 0.1) is 8.45 Å². The highest BCUT2D eigenvalue weighted by Gasteiger charge is 2.22. The van der Waals surface area contributed by atoms with Gasteiger partial charge >= 0.3 is 0 Å². The van der Waals surface area contributed by atoms with Gasteiger partial charge in [-0.3, -0.25) is 4.79 Å². The highest BCUT2D eigenvalue weighted by molar-refractivity contribution is 14.1. The molecule has 0 spiro atoms. The molecule has 0 aliphatic carbocycles. The monoisotopic (exact) mass is 383 g/mol. The van der Waals surface area contributed by atoms with Crippen LogP contribution in [0.2, 0.25) is 0 Å². The normalized spacial score (nSPS) is 14.9. The molecule has 4 heteroatoms. The van der Waals surface area contributed by atoms with Gasteiger partial charge in [-0.2, -0.15) is 0 Å². The van der Waals surface area contributed by atoms with Crippen LogP contribution in [-0.2, 0) is 6.42 Å². The summed E-state index contributed by atoms with van der Waals surface area (Å²) in [6.07, 6.45) is 3.30. The molecule has 98 valence electrons. The lowest BCUT2D eigenvalue weighted by atomic mass is 10.1. The molecule has 2 heterocycles. The van der Waals surface area contributed by atoms with Crippen molar-refractivity contribution in [3.63, 3.8) is 0 Å². The maximum Gasteiger partial charge on any atom is 0.259 e. The van der Waals surface area contributed by atoms with Crippen LogP contribution in [0, 0.1) is 2.88 Å². The van der Waals surface area contributed by atoms with Crippen LogP contribution >= 0.6 is 33.9 Å². The smallest absolute Gasteiger partial charge is 0.259 e. The second-order valence-electron chi connectivity index (χ2n) is 4.68. The van der Waals surface area contributed by atoms with Crippen molar-refractivity contribution in [2.45, 2.75) is 19.3 Å². The summed E-state index contributed by atoms with van der Waals surface area (Å²) < 4.78 is 1.16. The van der Waals surface area contributed by atoms with Crippen LogP contribution in [0.15, 0.2) is 35.7 Å². The number of hydrogen-bond acceptors (Lipinski definition) is 2. The zero-order valence-electron chi connectivity index (χ0n) is 10.4. The summed E-state index contributed by atoms with van der Waals surface area (Å²) in [7, 11) is 0. The molecule has 0 bridgehead atoms. The Hall–Kier alpha value is -0.880. The van der Waals surface area contributed by atoms with Gasteiger partial charge in [-0.15, -0.1) is 11.3 Å². The Labute approximate surface area is 130 Å². The van der Waals surface area contributed by atoms with Crippen molar-refractivity contribution in [1.29, 1.82) is 0 Å². The van der Waals surface area contributed by atoms with Gasteiger partial charge in [-0.05, 0) is 59.5 Å². The van der Waals surface area contributed by atoms with Gasteiger partial charge in [0.2, 0.25) is 0 Å². The molecular formula is C15H14INOS. The first kappa shape index (κ1) is 13.1. The Morgan fingerprint density at radius 3 is 2.89 bits per heavy atom. The molecule has 1 aliphatic heterocycles. The summed E-state index contributed by atoms with van der Waals surface area (Å²) in [6, 6.07) is 10.2. The maximum atomic E-state index is 12.7. The second-order valence-corrected chi connectivity index (χ2v) is 7.49. The average molecular weight is 383 g/mol. The van der Waals surface area contributed by atoms with Gasteiger partial charge in [0.1, 0.15) is 0 Å². The number of rotatable bonds is 1. The predicted octanol–water partition coefficient (Wildman–Crippen LogP) is 4.34. The summed E-state index contributed by atoms with van der Waals surface area (Å²) in [5.74, 6) is 0.133. The highest BCUT2D eigenvalue weighted by Crippen LogP contribution is 2.28. The fourth-order valence-electron chi connectivity index (χ4n) is 2.48. The molecule has 1 aromatic heterocycles. The highest BCUT2D eigenvalue weighted by atomic mass is 127. The third-order valence-corrected chi connectivity index (χ3v) is 5.21. The third-order valence-electron chi connectivity index (χ3n) is 3.42. The molecule has 0 fully saturated rings. The van der Waals surface area contributed by atoms with Gasteiger partial charge in [-0.1, -0.05) is 18.2 Å². The van der Waals surface area contributed by atoms with Gasteiger partial charge in [-0.25, -0.2) is 0 Å². The molecule has 0 radical (unpaired) electrons. The molecule has 1 amide bonds. The van der Waals surface area contributed by atoms with E-state index < -0.39 is 0 Å². The summed E-state index contributed by atoms with van der Waals surface area (Å²) in [5.41, 5.74) is 3.19. The summed E-state index contributed by atoms with van der Waals surface area (Å²) in [6.45, 7) is 0.822. The zero-order valence-corrected chi connectivity index (χ0v) is 13.4. The lowest BCUT2D eigenvalue weighted by Crippen LogP contribution is -2.31. The van der Waals surface area contributed by atoms with Gasteiger partial charge in [0.15, 0.2) is 0 Å². The van der Waals surface area contributed by atoms with Gasteiger partial charge < -0.3 is 4.90 Å². The minimum atomic E-state index is 0.133. The van der Waals surface area contributed by atoms with E-state index in [4.69, 9.17) is 0 Å². The van der Waals surface area contributed by atoms with E-state index in [9.17, 15) is 4.79 Å². The number of carbonyl (C=O) groups excluding carboxylic acids is 1. The molecule has 19 heavy (non-hydrogen) atoms. The standard InChI is InChI=1S/C15H14INOS/c16-14-9-12(10-19-14)15(18)17-8-4-3-6-11-5-1-2-7-13(11)17/h1-2,5,7,9-10H,3-4,6,8H2. The number of aryl methyl sites for hydroxylation is 1. The molecule has 1 aromatic carbocycles. The SMILES string of the molecule is O=C(c1csc(I)c1)N1CCCCc2ccccc21. The van der Waals surface area contributed by atoms with Crippen LogP contribution in [0.1, 0.15) is 28.8 Å². The molecule has 3 rings (SSSR count). The number of fused-ring (bicyclic) bond motifs is 1. The average Bonchev–Trinajstić information content (AvgIpc) is 2.74. The Balaban J connectivity index is 1.98. The molecule has 0 N–H and O–H groups in total. The second kappa shape index (κ2) is 5.63. The predicted molar refractivity (Wildman–Crippen MR) is 88.1 cm³/mol. The summed E-state index contributed by atoms with van der Waals surface area (Å²) >= 11 is 3.88. The number of amides is 1. The molecular weight excluding hydrogens is 369 g/mol. The lowest BCUT2D eigenvalue weighted by Gasteiger charge is -2.22. The molecule has 2 aromatic rings. The Kier molecular flexibility index (Phi) is 3.88. The Morgan fingerprint density at radius 1 is 1.26 bits per heavy atom. The first-order chi connectivity index (χ1) is 9.25. The number of halogens is 1. The van der Waals surface area contributed by atoms with Crippen LogP contribution in [-0.4, -0.2) is 12.5 Å². The van der Waals surface area contributed by atoms with E-state index in [0.717, 1.165) is 39.9 Å². The van der Waals surface area contributed by atoms with Crippen molar-refractivity contribution >= 4 is 45.5 Å². The molecule has 0 saturated carbocycles. The topological polar surface area (TPSA) is 20.3 Å². The summed E-state index contributed by atoms with van der Waals surface area (Å²) in [4.78, 5) is 14.6. The fraction of sp³-hybridized carbons (Fsp3) is 0.267. The Bertz CT molecular complexity index is 608. The molecule has 0 saturated heterocycles. The van der Waals surface area contributed by atoms with Crippen LogP contribution in [0.4, 0.5) is 5.69 Å². The maximum absolute atomic E-state index is 12.7. The molecule has 0 unspecified atom stereocenters. The number of thiophene rings is 1. The van der Waals surface area contributed by atoms with E-state index in [1.54, 1.807) is 11.3 Å². The van der Waals surface area contributed by atoms with Crippen molar-refractivity contribution < 1.29 is 4.79 Å². The zero-order chi connectivity index (χ0) is 13.2. The minimum Gasteiger partial charge on any atom is -0.308 e. The number of hydrogen-bond donors (Lipinski definition) is 0. The van der Waals surface area contributed by atoms with Gasteiger partial charge in [0, 0.05) is 17.6 Å². The number of nitrogens with zero attached hydrogens (tertiary/aromatic N) is 1. The minimum absolute atomic E-state index is 0.133. The van der Waals surface area contributed by atoms with E-state index in [1.807, 2.05) is 22.4 Å². The van der Waals surface area contributed by atoms with Crippen LogP contribution < -0.4 is 4.90 Å². The summed E-state index contributed by atoms with van der Waals surface area (Å²) in [5, 5.41) is 1.96.